The summed E-state index contributed by atoms with van der Waals surface area (Å²) in [6, 6.07) is 0. The third-order valence-corrected chi connectivity index (χ3v) is 3.94. The number of aryl methyl sites for hydroxylation is 1. The van der Waals surface area contributed by atoms with Crippen LogP contribution in [-0.2, 0) is 6.54 Å². The minimum atomic E-state index is 0.395. The van der Waals surface area contributed by atoms with Crippen molar-refractivity contribution in [3.8, 4) is 0 Å². The summed E-state index contributed by atoms with van der Waals surface area (Å²) < 4.78 is 0.670. The van der Waals surface area contributed by atoms with Crippen LogP contribution in [0.3, 0.4) is 0 Å². The van der Waals surface area contributed by atoms with Gasteiger partial charge < -0.3 is 5.32 Å². The highest BCUT2D eigenvalue weighted by atomic mass is 79.9. The number of aromatic nitrogens is 3. The van der Waals surface area contributed by atoms with Crippen LogP contribution < -0.4 is 5.32 Å². The van der Waals surface area contributed by atoms with Crippen molar-refractivity contribution in [3.63, 3.8) is 0 Å². The van der Waals surface area contributed by atoms with Gasteiger partial charge in [-0.05, 0) is 22.9 Å². The second-order valence-corrected chi connectivity index (χ2v) is 5.25. The van der Waals surface area contributed by atoms with Crippen LogP contribution in [0.1, 0.15) is 10.7 Å². The molecule has 7 heteroatoms. The number of halogens is 2. The van der Waals surface area contributed by atoms with Crippen molar-refractivity contribution >= 4 is 44.7 Å². The molecule has 2 heterocycles. The molecule has 0 aliphatic carbocycles. The standard InChI is InChI=1S/C9H8BrClN4S/c1-5-15-6(3-16-5)2-12-9-7(10)8(11)13-4-14-9/h3-4H,2H2,1H3,(H,12,13,14). The number of anilines is 1. The van der Waals surface area contributed by atoms with Crippen molar-refractivity contribution in [3.05, 3.63) is 32.0 Å². The molecule has 4 nitrogen and oxygen atoms in total. The average Bonchev–Trinajstić information content (AvgIpc) is 2.67. The van der Waals surface area contributed by atoms with Gasteiger partial charge in [0.2, 0.25) is 0 Å². The summed E-state index contributed by atoms with van der Waals surface area (Å²) in [5, 5.41) is 6.61. The summed E-state index contributed by atoms with van der Waals surface area (Å²) >= 11 is 10.8. The molecule has 0 saturated carbocycles. The third-order valence-electron chi connectivity index (χ3n) is 1.85. The smallest absolute Gasteiger partial charge is 0.148 e. The number of thiazole rings is 1. The number of hydrogen-bond acceptors (Lipinski definition) is 5. The summed E-state index contributed by atoms with van der Waals surface area (Å²) in [5.41, 5.74) is 0.990. The fraction of sp³-hybridized carbons (Fsp3) is 0.222. The summed E-state index contributed by atoms with van der Waals surface area (Å²) in [5.74, 6) is 0.672. The maximum absolute atomic E-state index is 5.85. The van der Waals surface area contributed by atoms with Crippen molar-refractivity contribution in [2.75, 3.05) is 5.32 Å². The van der Waals surface area contributed by atoms with Crippen LogP contribution >= 0.6 is 38.9 Å². The lowest BCUT2D eigenvalue weighted by Crippen LogP contribution is -2.03. The van der Waals surface area contributed by atoms with Gasteiger partial charge in [0.25, 0.3) is 0 Å². The number of hydrogen-bond donors (Lipinski definition) is 1. The van der Waals surface area contributed by atoms with E-state index >= 15 is 0 Å². The Bertz CT molecular complexity index is 502. The first-order chi connectivity index (χ1) is 7.66. The number of nitrogens with one attached hydrogen (secondary N) is 1. The van der Waals surface area contributed by atoms with E-state index in [9.17, 15) is 0 Å². The van der Waals surface area contributed by atoms with Gasteiger partial charge in [0, 0.05) is 5.38 Å². The van der Waals surface area contributed by atoms with Gasteiger partial charge in [-0.25, -0.2) is 15.0 Å². The van der Waals surface area contributed by atoms with Gasteiger partial charge >= 0.3 is 0 Å². The second kappa shape index (κ2) is 5.07. The Morgan fingerprint density at radius 3 is 3.00 bits per heavy atom. The molecular formula is C9H8BrClN4S. The van der Waals surface area contributed by atoms with Gasteiger partial charge in [-0.2, -0.15) is 0 Å². The molecule has 2 rings (SSSR count). The van der Waals surface area contributed by atoms with E-state index in [1.807, 2.05) is 12.3 Å². The monoisotopic (exact) mass is 318 g/mol. The van der Waals surface area contributed by atoms with Gasteiger partial charge in [-0.1, -0.05) is 11.6 Å². The first-order valence-corrected chi connectivity index (χ1v) is 6.53. The van der Waals surface area contributed by atoms with Crippen molar-refractivity contribution in [1.82, 2.24) is 15.0 Å². The van der Waals surface area contributed by atoms with Crippen LogP contribution in [-0.4, -0.2) is 15.0 Å². The summed E-state index contributed by atoms with van der Waals surface area (Å²) in [6.45, 7) is 2.60. The lowest BCUT2D eigenvalue weighted by Gasteiger charge is -2.05. The molecular weight excluding hydrogens is 312 g/mol. The predicted molar refractivity (Wildman–Crippen MR) is 68.9 cm³/mol. The Balaban J connectivity index is 2.07. The molecule has 16 heavy (non-hydrogen) atoms. The predicted octanol–water partition coefficient (Wildman–Crippen LogP) is 3.27. The summed E-state index contributed by atoms with van der Waals surface area (Å²) in [7, 11) is 0. The Morgan fingerprint density at radius 1 is 1.50 bits per heavy atom. The van der Waals surface area contributed by atoms with Crippen LogP contribution in [0.15, 0.2) is 16.2 Å². The van der Waals surface area contributed by atoms with Gasteiger partial charge in [0.1, 0.15) is 17.3 Å². The normalized spacial score (nSPS) is 10.4. The van der Waals surface area contributed by atoms with Gasteiger partial charge in [0.15, 0.2) is 0 Å². The number of nitrogens with zero attached hydrogens (tertiary/aromatic N) is 3. The van der Waals surface area contributed by atoms with E-state index in [0.717, 1.165) is 10.7 Å². The zero-order valence-corrected chi connectivity index (χ0v) is 11.5. The van der Waals surface area contributed by atoms with E-state index < -0.39 is 0 Å². The average molecular weight is 320 g/mol. The van der Waals surface area contributed by atoms with Crippen LogP contribution in [0.25, 0.3) is 0 Å². The molecule has 0 aliphatic heterocycles. The molecule has 0 aliphatic rings. The molecule has 2 aromatic rings. The highest BCUT2D eigenvalue weighted by Crippen LogP contribution is 2.26. The Hall–Kier alpha value is -0.720. The Labute approximate surface area is 110 Å². The zero-order chi connectivity index (χ0) is 11.5. The van der Waals surface area contributed by atoms with Gasteiger partial charge in [-0.15, -0.1) is 11.3 Å². The quantitative estimate of drug-likeness (QED) is 0.882. The summed E-state index contributed by atoms with van der Waals surface area (Å²) in [6.07, 6.45) is 1.42. The first-order valence-electron chi connectivity index (χ1n) is 4.47. The lowest BCUT2D eigenvalue weighted by molar-refractivity contribution is 1.02. The molecule has 0 bridgehead atoms. The SMILES string of the molecule is Cc1nc(CNc2ncnc(Cl)c2Br)cs1. The second-order valence-electron chi connectivity index (χ2n) is 3.04. The Kier molecular flexibility index (Phi) is 3.73. The molecule has 2 aromatic heterocycles. The van der Waals surface area contributed by atoms with Gasteiger partial charge in [0.05, 0.1) is 21.7 Å². The van der Waals surface area contributed by atoms with E-state index in [4.69, 9.17) is 11.6 Å². The van der Waals surface area contributed by atoms with Crippen molar-refractivity contribution < 1.29 is 0 Å². The molecule has 84 valence electrons. The zero-order valence-electron chi connectivity index (χ0n) is 8.37. The molecule has 0 unspecified atom stereocenters. The van der Waals surface area contributed by atoms with Gasteiger partial charge in [-0.3, -0.25) is 0 Å². The van der Waals surface area contributed by atoms with E-state index in [1.165, 1.54) is 6.33 Å². The highest BCUT2D eigenvalue weighted by Gasteiger charge is 2.06. The van der Waals surface area contributed by atoms with Crippen molar-refractivity contribution in [2.45, 2.75) is 13.5 Å². The minimum Gasteiger partial charge on any atom is -0.363 e. The molecule has 0 amide bonds. The van der Waals surface area contributed by atoms with Crippen LogP contribution in [0.2, 0.25) is 5.15 Å². The molecule has 0 radical (unpaired) electrons. The maximum atomic E-state index is 5.85. The molecule has 0 saturated heterocycles. The first kappa shape index (κ1) is 11.8. The number of rotatable bonds is 3. The molecule has 1 N–H and O–H groups in total. The van der Waals surface area contributed by atoms with E-state index in [2.05, 4.69) is 36.2 Å². The lowest BCUT2D eigenvalue weighted by atomic mass is 10.4. The van der Waals surface area contributed by atoms with Crippen LogP contribution in [0, 0.1) is 6.92 Å². The van der Waals surface area contributed by atoms with Crippen LogP contribution in [0.4, 0.5) is 5.82 Å². The highest BCUT2D eigenvalue weighted by molar-refractivity contribution is 9.10. The molecule has 0 atom stereocenters. The fourth-order valence-electron chi connectivity index (χ4n) is 1.14. The minimum absolute atomic E-state index is 0.395. The van der Waals surface area contributed by atoms with Crippen molar-refractivity contribution in [1.29, 1.82) is 0 Å². The molecule has 0 fully saturated rings. The van der Waals surface area contributed by atoms with Crippen molar-refractivity contribution in [2.24, 2.45) is 0 Å². The molecule has 0 aromatic carbocycles. The third kappa shape index (κ3) is 2.69. The van der Waals surface area contributed by atoms with E-state index in [-0.39, 0.29) is 0 Å². The molecule has 0 spiro atoms. The Morgan fingerprint density at radius 2 is 2.31 bits per heavy atom. The van der Waals surface area contributed by atoms with E-state index in [0.29, 0.717) is 22.0 Å². The maximum Gasteiger partial charge on any atom is 0.148 e. The van der Waals surface area contributed by atoms with E-state index in [1.54, 1.807) is 11.3 Å². The summed E-state index contributed by atoms with van der Waals surface area (Å²) in [4.78, 5) is 12.3. The topological polar surface area (TPSA) is 50.7 Å². The van der Waals surface area contributed by atoms with Crippen LogP contribution in [0.5, 0.6) is 0 Å². The fourth-order valence-corrected chi connectivity index (χ4v) is 2.23. The largest absolute Gasteiger partial charge is 0.363 e.